The molecule has 0 aliphatic carbocycles. The molecule has 4 heteroatoms. The zero-order valence-corrected chi connectivity index (χ0v) is 10.8. The van der Waals surface area contributed by atoms with E-state index in [4.69, 9.17) is 11.6 Å². The highest BCUT2D eigenvalue weighted by Crippen LogP contribution is 2.31. The smallest absolute Gasteiger partial charge is 0.151 e. The Morgan fingerprint density at radius 3 is 2.93 bits per heavy atom. The van der Waals surface area contributed by atoms with Crippen molar-refractivity contribution < 1.29 is 4.79 Å². The molecular weight excluding hydrogens is 331 g/mol. The van der Waals surface area contributed by atoms with Crippen LogP contribution in [0.4, 0.5) is 0 Å². The van der Waals surface area contributed by atoms with E-state index in [1.165, 1.54) is 3.57 Å². The van der Waals surface area contributed by atoms with Crippen molar-refractivity contribution in [1.82, 2.24) is 0 Å². The third-order valence-corrected chi connectivity index (χ3v) is 4.66. The molecule has 0 amide bonds. The summed E-state index contributed by atoms with van der Waals surface area (Å²) in [5.74, 6) is 0.447. The largest absolute Gasteiger partial charge is 0.298 e. The zero-order valence-electron chi connectivity index (χ0n) is 7.09. The standard InChI is InChI=1S/C10H6ClIOS/c11-3-6-1-7(4-13)10-8(2-6)9(12)5-14-10/h1-2,4-5H,3H2. The molecule has 0 bridgehead atoms. The van der Waals surface area contributed by atoms with Crippen LogP contribution in [0.3, 0.4) is 0 Å². The first kappa shape index (κ1) is 10.4. The van der Waals surface area contributed by atoms with Gasteiger partial charge in [0.15, 0.2) is 6.29 Å². The highest BCUT2D eigenvalue weighted by molar-refractivity contribution is 14.1. The highest BCUT2D eigenvalue weighted by Gasteiger charge is 2.07. The molecule has 1 aromatic carbocycles. The predicted molar refractivity (Wildman–Crippen MR) is 69.5 cm³/mol. The van der Waals surface area contributed by atoms with Gasteiger partial charge in [0.2, 0.25) is 0 Å². The number of thiophene rings is 1. The van der Waals surface area contributed by atoms with Crippen LogP contribution in [0.5, 0.6) is 0 Å². The highest BCUT2D eigenvalue weighted by atomic mass is 127. The maximum absolute atomic E-state index is 10.9. The summed E-state index contributed by atoms with van der Waals surface area (Å²) in [6.07, 6.45) is 0.894. The Balaban J connectivity index is 2.82. The van der Waals surface area contributed by atoms with E-state index in [0.29, 0.717) is 5.88 Å². The lowest BCUT2D eigenvalue weighted by molar-refractivity contribution is 0.112. The lowest BCUT2D eigenvalue weighted by atomic mass is 10.1. The molecule has 2 rings (SSSR count). The van der Waals surface area contributed by atoms with Gasteiger partial charge in [-0.15, -0.1) is 22.9 Å². The molecule has 1 aromatic heterocycles. The SMILES string of the molecule is O=Cc1cc(CCl)cc2c(I)csc12. The van der Waals surface area contributed by atoms with Crippen LogP contribution in [-0.4, -0.2) is 6.29 Å². The summed E-state index contributed by atoms with van der Waals surface area (Å²) in [4.78, 5) is 10.9. The number of hydrogen-bond donors (Lipinski definition) is 0. The van der Waals surface area contributed by atoms with E-state index in [0.717, 1.165) is 27.5 Å². The first-order valence-electron chi connectivity index (χ1n) is 3.97. The number of fused-ring (bicyclic) bond motifs is 1. The molecule has 2 aromatic rings. The minimum atomic E-state index is 0.447. The molecule has 1 heterocycles. The summed E-state index contributed by atoms with van der Waals surface area (Å²) < 4.78 is 2.23. The van der Waals surface area contributed by atoms with E-state index in [1.807, 2.05) is 12.1 Å². The molecule has 1 nitrogen and oxygen atoms in total. The Morgan fingerprint density at radius 1 is 1.50 bits per heavy atom. The fourth-order valence-electron chi connectivity index (χ4n) is 1.36. The normalized spacial score (nSPS) is 10.7. The Bertz CT molecular complexity index is 492. The van der Waals surface area contributed by atoms with Crippen LogP contribution >= 0.6 is 45.5 Å². The average molecular weight is 337 g/mol. The first-order chi connectivity index (χ1) is 6.76. The van der Waals surface area contributed by atoms with Crippen molar-refractivity contribution in [3.8, 4) is 0 Å². The molecule has 0 radical (unpaired) electrons. The van der Waals surface area contributed by atoms with E-state index < -0.39 is 0 Å². The first-order valence-corrected chi connectivity index (χ1v) is 6.46. The number of hydrogen-bond acceptors (Lipinski definition) is 2. The molecule has 0 saturated heterocycles. The minimum absolute atomic E-state index is 0.447. The van der Waals surface area contributed by atoms with E-state index in [1.54, 1.807) is 11.3 Å². The molecule has 0 unspecified atom stereocenters. The van der Waals surface area contributed by atoms with Crippen LogP contribution in [0.2, 0.25) is 0 Å². The lowest BCUT2D eigenvalue weighted by Crippen LogP contribution is -1.85. The van der Waals surface area contributed by atoms with Gasteiger partial charge in [-0.2, -0.15) is 0 Å². The summed E-state index contributed by atoms with van der Waals surface area (Å²) in [6, 6.07) is 3.91. The summed E-state index contributed by atoms with van der Waals surface area (Å²) in [5, 5.41) is 3.19. The fraction of sp³-hybridized carbons (Fsp3) is 0.100. The summed E-state index contributed by atoms with van der Waals surface area (Å²) in [7, 11) is 0. The van der Waals surface area contributed by atoms with Crippen molar-refractivity contribution >= 4 is 61.9 Å². The molecule has 0 spiro atoms. The van der Waals surface area contributed by atoms with Crippen LogP contribution in [0.15, 0.2) is 17.5 Å². The summed E-state index contributed by atoms with van der Waals surface area (Å²) in [5.41, 5.74) is 1.74. The third kappa shape index (κ3) is 1.68. The van der Waals surface area contributed by atoms with Crippen molar-refractivity contribution in [3.63, 3.8) is 0 Å². The van der Waals surface area contributed by atoms with Crippen LogP contribution in [-0.2, 0) is 5.88 Å². The topological polar surface area (TPSA) is 17.1 Å². The Morgan fingerprint density at radius 2 is 2.29 bits per heavy atom. The Kier molecular flexibility index (Phi) is 3.09. The maximum Gasteiger partial charge on any atom is 0.151 e. The van der Waals surface area contributed by atoms with Crippen LogP contribution in [0.25, 0.3) is 10.1 Å². The van der Waals surface area contributed by atoms with Gasteiger partial charge in [0, 0.05) is 30.5 Å². The zero-order chi connectivity index (χ0) is 10.1. The van der Waals surface area contributed by atoms with E-state index >= 15 is 0 Å². The maximum atomic E-state index is 10.9. The molecule has 0 atom stereocenters. The lowest BCUT2D eigenvalue weighted by Gasteiger charge is -1.99. The van der Waals surface area contributed by atoms with Gasteiger partial charge in [0.25, 0.3) is 0 Å². The van der Waals surface area contributed by atoms with Crippen molar-refractivity contribution in [3.05, 3.63) is 32.2 Å². The van der Waals surface area contributed by atoms with Gasteiger partial charge in [0.1, 0.15) is 0 Å². The number of carbonyl (C=O) groups excluding carboxylic acids is 1. The van der Waals surface area contributed by atoms with E-state index in [2.05, 4.69) is 28.0 Å². The fourth-order valence-corrected chi connectivity index (χ4v) is 3.39. The second kappa shape index (κ2) is 4.16. The monoisotopic (exact) mass is 336 g/mol. The van der Waals surface area contributed by atoms with Gasteiger partial charge < -0.3 is 0 Å². The quantitative estimate of drug-likeness (QED) is 0.459. The van der Waals surface area contributed by atoms with Gasteiger partial charge in [0.05, 0.1) is 0 Å². The van der Waals surface area contributed by atoms with Crippen molar-refractivity contribution in [1.29, 1.82) is 0 Å². The van der Waals surface area contributed by atoms with Crippen molar-refractivity contribution in [2.45, 2.75) is 5.88 Å². The minimum Gasteiger partial charge on any atom is -0.298 e. The number of benzene rings is 1. The molecule has 0 N–H and O–H groups in total. The third-order valence-electron chi connectivity index (χ3n) is 2.00. The second-order valence-corrected chi connectivity index (χ2v) is 5.21. The number of halogens is 2. The molecule has 0 aliphatic heterocycles. The van der Waals surface area contributed by atoms with Crippen molar-refractivity contribution in [2.24, 2.45) is 0 Å². The van der Waals surface area contributed by atoms with E-state index in [-0.39, 0.29) is 0 Å². The van der Waals surface area contributed by atoms with Crippen LogP contribution in [0, 0.1) is 3.57 Å². The number of rotatable bonds is 2. The number of alkyl halides is 1. The summed E-state index contributed by atoms with van der Waals surface area (Å²) >= 11 is 9.63. The predicted octanol–water partition coefficient (Wildman–Crippen LogP) is 4.06. The van der Waals surface area contributed by atoms with Gasteiger partial charge in [-0.05, 0) is 40.3 Å². The second-order valence-electron chi connectivity index (χ2n) is 2.90. The Labute approximate surface area is 104 Å². The van der Waals surface area contributed by atoms with Gasteiger partial charge in [-0.25, -0.2) is 0 Å². The van der Waals surface area contributed by atoms with Gasteiger partial charge >= 0.3 is 0 Å². The molecule has 72 valence electrons. The summed E-state index contributed by atoms with van der Waals surface area (Å²) in [6.45, 7) is 0. The van der Waals surface area contributed by atoms with E-state index in [9.17, 15) is 4.79 Å². The van der Waals surface area contributed by atoms with Crippen LogP contribution < -0.4 is 0 Å². The Hall–Kier alpha value is -0.130. The molecule has 0 fully saturated rings. The van der Waals surface area contributed by atoms with Crippen molar-refractivity contribution in [2.75, 3.05) is 0 Å². The van der Waals surface area contributed by atoms with Crippen LogP contribution in [0.1, 0.15) is 15.9 Å². The molecule has 14 heavy (non-hydrogen) atoms. The number of aldehydes is 1. The molecule has 0 aliphatic rings. The average Bonchev–Trinajstić information content (AvgIpc) is 2.59. The van der Waals surface area contributed by atoms with Gasteiger partial charge in [-0.1, -0.05) is 0 Å². The molecule has 0 saturated carbocycles. The molecular formula is C10H6ClIOS. The number of carbonyl (C=O) groups is 1. The van der Waals surface area contributed by atoms with Gasteiger partial charge in [-0.3, -0.25) is 4.79 Å².